The largest absolute Gasteiger partial charge is 0.352 e. The molecule has 1 N–H and O–H groups in total. The first-order valence-electron chi connectivity index (χ1n) is 11.5. The number of likely N-dealkylation sites (tertiary alicyclic amines) is 1. The zero-order valence-corrected chi connectivity index (χ0v) is 18.9. The third-order valence-corrected chi connectivity index (χ3v) is 6.34. The molecule has 5 nitrogen and oxygen atoms in total. The maximum absolute atomic E-state index is 13.2. The number of amides is 1. The van der Waals surface area contributed by atoms with Gasteiger partial charge in [-0.2, -0.15) is 0 Å². The van der Waals surface area contributed by atoms with Gasteiger partial charge in [0.1, 0.15) is 0 Å². The molecule has 1 aliphatic heterocycles. The Morgan fingerprint density at radius 3 is 2.67 bits per heavy atom. The van der Waals surface area contributed by atoms with Crippen molar-refractivity contribution in [2.45, 2.75) is 19.9 Å². The Morgan fingerprint density at radius 2 is 1.85 bits per heavy atom. The number of carbonyl (C=O) groups is 1. The number of nitrogens with zero attached hydrogens (tertiary/aromatic N) is 3. The van der Waals surface area contributed by atoms with Gasteiger partial charge in [0, 0.05) is 31.2 Å². The highest BCUT2D eigenvalue weighted by Crippen LogP contribution is 2.24. The van der Waals surface area contributed by atoms with Crippen LogP contribution in [0.15, 0.2) is 79.0 Å². The molecule has 0 bridgehead atoms. The average molecular weight is 437 g/mol. The smallest absolute Gasteiger partial charge is 0.252 e. The summed E-state index contributed by atoms with van der Waals surface area (Å²) in [5.41, 5.74) is 5.56. The summed E-state index contributed by atoms with van der Waals surface area (Å²) in [5, 5.41) is 4.05. The van der Waals surface area contributed by atoms with Gasteiger partial charge in [-0.1, -0.05) is 54.1 Å². The van der Waals surface area contributed by atoms with Crippen LogP contribution < -0.4 is 5.32 Å². The van der Waals surface area contributed by atoms with Crippen LogP contribution in [0.4, 0.5) is 0 Å². The van der Waals surface area contributed by atoms with Gasteiger partial charge in [-0.3, -0.25) is 14.7 Å². The molecule has 166 valence electrons. The molecule has 2 aromatic carbocycles. The monoisotopic (exact) mass is 436 g/mol. The lowest BCUT2D eigenvalue weighted by molar-refractivity contribution is 0.0949. The van der Waals surface area contributed by atoms with Crippen molar-refractivity contribution in [2.75, 3.05) is 19.6 Å². The lowest BCUT2D eigenvalue weighted by atomic mass is 10.0. The molecule has 0 aliphatic carbocycles. The zero-order valence-electron chi connectivity index (χ0n) is 18.9. The second kappa shape index (κ2) is 9.51. The first-order chi connectivity index (χ1) is 16.2. The summed E-state index contributed by atoms with van der Waals surface area (Å²) in [7, 11) is 0. The highest BCUT2D eigenvalue weighted by molar-refractivity contribution is 6.07. The van der Waals surface area contributed by atoms with E-state index in [0.717, 1.165) is 42.7 Å². The Bertz CT molecular complexity index is 1250. The highest BCUT2D eigenvalue weighted by atomic mass is 16.1. The molecule has 1 atom stereocenters. The van der Waals surface area contributed by atoms with E-state index in [1.807, 2.05) is 48.5 Å². The van der Waals surface area contributed by atoms with Gasteiger partial charge in [0.15, 0.2) is 0 Å². The van der Waals surface area contributed by atoms with Crippen LogP contribution in [-0.2, 0) is 6.54 Å². The predicted octanol–water partition coefficient (Wildman–Crippen LogP) is 4.86. The van der Waals surface area contributed by atoms with Crippen LogP contribution >= 0.6 is 0 Å². The van der Waals surface area contributed by atoms with Crippen molar-refractivity contribution < 1.29 is 4.79 Å². The molecule has 4 aromatic rings. The summed E-state index contributed by atoms with van der Waals surface area (Å²) >= 11 is 0. The molecule has 1 unspecified atom stereocenters. The predicted molar refractivity (Wildman–Crippen MR) is 132 cm³/mol. The summed E-state index contributed by atoms with van der Waals surface area (Å²) in [6.07, 6.45) is 2.84. The number of benzene rings is 2. The van der Waals surface area contributed by atoms with Gasteiger partial charge in [0.05, 0.1) is 22.5 Å². The molecule has 33 heavy (non-hydrogen) atoms. The molecule has 5 heteroatoms. The van der Waals surface area contributed by atoms with Crippen molar-refractivity contribution in [1.29, 1.82) is 0 Å². The number of para-hydroxylation sites is 1. The van der Waals surface area contributed by atoms with Crippen LogP contribution in [0.5, 0.6) is 0 Å². The van der Waals surface area contributed by atoms with Gasteiger partial charge in [0.2, 0.25) is 0 Å². The molecule has 0 spiro atoms. The average Bonchev–Trinajstić information content (AvgIpc) is 3.31. The minimum absolute atomic E-state index is 0.0530. The Hall–Kier alpha value is -3.57. The molecule has 1 aliphatic rings. The number of nitrogens with one attached hydrogen (secondary N) is 1. The number of pyridine rings is 2. The number of hydrogen-bond donors (Lipinski definition) is 1. The van der Waals surface area contributed by atoms with E-state index in [1.54, 1.807) is 6.20 Å². The van der Waals surface area contributed by atoms with Crippen LogP contribution in [0, 0.1) is 12.8 Å². The second-order valence-corrected chi connectivity index (χ2v) is 8.87. The van der Waals surface area contributed by atoms with Crippen LogP contribution in [0.3, 0.4) is 0 Å². The normalized spacial score (nSPS) is 16.2. The number of rotatable bonds is 6. The second-order valence-electron chi connectivity index (χ2n) is 8.87. The molecule has 3 heterocycles. The Morgan fingerprint density at radius 1 is 1.03 bits per heavy atom. The van der Waals surface area contributed by atoms with E-state index in [-0.39, 0.29) is 5.91 Å². The van der Waals surface area contributed by atoms with Crippen molar-refractivity contribution in [3.05, 3.63) is 95.7 Å². The highest BCUT2D eigenvalue weighted by Gasteiger charge is 2.23. The van der Waals surface area contributed by atoms with E-state index >= 15 is 0 Å². The van der Waals surface area contributed by atoms with Gasteiger partial charge in [-0.15, -0.1) is 0 Å². The number of hydrogen-bond acceptors (Lipinski definition) is 4. The first-order valence-corrected chi connectivity index (χ1v) is 11.5. The van der Waals surface area contributed by atoms with E-state index in [0.29, 0.717) is 23.7 Å². The van der Waals surface area contributed by atoms with Crippen LogP contribution in [0.25, 0.3) is 22.3 Å². The Kier molecular flexibility index (Phi) is 6.13. The van der Waals surface area contributed by atoms with Crippen molar-refractivity contribution >= 4 is 16.8 Å². The third-order valence-electron chi connectivity index (χ3n) is 6.34. The van der Waals surface area contributed by atoms with E-state index in [9.17, 15) is 4.79 Å². The fourth-order valence-electron chi connectivity index (χ4n) is 4.52. The Balaban J connectivity index is 1.27. The van der Waals surface area contributed by atoms with Crippen molar-refractivity contribution in [2.24, 2.45) is 5.92 Å². The molecule has 1 fully saturated rings. The first kappa shape index (κ1) is 21.3. The van der Waals surface area contributed by atoms with Gasteiger partial charge >= 0.3 is 0 Å². The molecule has 0 saturated carbocycles. The van der Waals surface area contributed by atoms with Gasteiger partial charge in [-0.25, -0.2) is 4.98 Å². The summed E-state index contributed by atoms with van der Waals surface area (Å²) in [4.78, 5) is 24.9. The van der Waals surface area contributed by atoms with E-state index in [1.165, 1.54) is 11.1 Å². The summed E-state index contributed by atoms with van der Waals surface area (Å²) in [6, 6.07) is 24.1. The maximum Gasteiger partial charge on any atom is 0.252 e. The van der Waals surface area contributed by atoms with Crippen LogP contribution in [0.2, 0.25) is 0 Å². The fourth-order valence-corrected chi connectivity index (χ4v) is 4.52. The van der Waals surface area contributed by atoms with Gasteiger partial charge in [0.25, 0.3) is 5.91 Å². The molecular formula is C28H28N4O. The number of fused-ring (bicyclic) bond motifs is 1. The standard InChI is InChI=1S/C28H28N4O/c1-20-9-11-21(12-10-20)18-32-15-13-22(19-32)17-30-28(33)24-16-27(26-8-4-5-14-29-26)31-25-7-3-2-6-23(24)25/h2-12,14,16,22H,13,15,17-19H2,1H3,(H,30,33). The zero-order chi connectivity index (χ0) is 22.6. The van der Waals surface area contributed by atoms with Crippen molar-refractivity contribution in [3.8, 4) is 11.4 Å². The molecule has 1 saturated heterocycles. The van der Waals surface area contributed by atoms with Gasteiger partial charge in [-0.05, 0) is 55.6 Å². The number of carbonyl (C=O) groups excluding carboxylic acids is 1. The molecule has 0 radical (unpaired) electrons. The van der Waals surface area contributed by atoms with Crippen molar-refractivity contribution in [3.63, 3.8) is 0 Å². The van der Waals surface area contributed by atoms with E-state index in [2.05, 4.69) is 46.4 Å². The topological polar surface area (TPSA) is 58.1 Å². The SMILES string of the molecule is Cc1ccc(CN2CCC(CNC(=O)c3cc(-c4ccccn4)nc4ccccc34)C2)cc1. The van der Waals surface area contributed by atoms with Crippen molar-refractivity contribution in [1.82, 2.24) is 20.2 Å². The molecular weight excluding hydrogens is 408 g/mol. The summed E-state index contributed by atoms with van der Waals surface area (Å²) in [6.45, 7) is 5.83. The third kappa shape index (κ3) is 4.94. The van der Waals surface area contributed by atoms with E-state index in [4.69, 9.17) is 4.98 Å². The van der Waals surface area contributed by atoms with E-state index < -0.39 is 0 Å². The lowest BCUT2D eigenvalue weighted by Crippen LogP contribution is -2.31. The minimum Gasteiger partial charge on any atom is -0.352 e. The van der Waals surface area contributed by atoms with Crippen LogP contribution in [0.1, 0.15) is 27.9 Å². The summed E-state index contributed by atoms with van der Waals surface area (Å²) in [5.74, 6) is 0.408. The Labute approximate surface area is 194 Å². The summed E-state index contributed by atoms with van der Waals surface area (Å²) < 4.78 is 0. The lowest BCUT2D eigenvalue weighted by Gasteiger charge is -2.17. The molecule has 5 rings (SSSR count). The van der Waals surface area contributed by atoms with Crippen LogP contribution in [-0.4, -0.2) is 40.4 Å². The molecule has 2 aromatic heterocycles. The number of aromatic nitrogens is 2. The number of aryl methyl sites for hydroxylation is 1. The maximum atomic E-state index is 13.2. The minimum atomic E-state index is -0.0530. The quantitative estimate of drug-likeness (QED) is 0.469. The van der Waals surface area contributed by atoms with Gasteiger partial charge < -0.3 is 5.32 Å². The molecule has 1 amide bonds. The fraction of sp³-hybridized carbons (Fsp3) is 0.250.